The molecular weight excluding hydrogens is 236 g/mol. The van der Waals surface area contributed by atoms with Gasteiger partial charge in [-0.15, -0.1) is 0 Å². The van der Waals surface area contributed by atoms with E-state index in [0.29, 0.717) is 5.92 Å². The van der Waals surface area contributed by atoms with Gasteiger partial charge in [0.05, 0.1) is 0 Å². The van der Waals surface area contributed by atoms with Crippen molar-refractivity contribution < 1.29 is 4.79 Å². The number of fused-ring (bicyclic) bond motifs is 1. The van der Waals surface area contributed by atoms with Crippen molar-refractivity contribution in [3.8, 4) is 0 Å². The Morgan fingerprint density at radius 1 is 1.32 bits per heavy atom. The minimum absolute atomic E-state index is 0.0148. The van der Waals surface area contributed by atoms with Crippen molar-refractivity contribution in [1.82, 2.24) is 10.3 Å². The summed E-state index contributed by atoms with van der Waals surface area (Å²) in [6, 6.07) is 7.92. The highest BCUT2D eigenvalue weighted by atomic mass is 16.1. The van der Waals surface area contributed by atoms with Crippen LogP contribution in [-0.4, -0.2) is 16.9 Å². The first-order valence-corrected chi connectivity index (χ1v) is 6.98. The van der Waals surface area contributed by atoms with Crippen LogP contribution in [0.2, 0.25) is 0 Å². The molecule has 0 spiro atoms. The molecule has 0 radical (unpaired) electrons. The predicted molar refractivity (Wildman–Crippen MR) is 79.3 cm³/mol. The molecule has 102 valence electrons. The topological polar surface area (TPSA) is 44.9 Å². The smallest absolute Gasteiger partial charge is 0.252 e. The fourth-order valence-corrected chi connectivity index (χ4v) is 2.41. The van der Waals surface area contributed by atoms with Gasteiger partial charge in [-0.2, -0.15) is 0 Å². The molecule has 1 aromatic carbocycles. The molecule has 3 nitrogen and oxygen atoms in total. The standard InChI is InChI=1S/C16H22N2O/c1-4-11(2)10-12(3)18-16(19)14-6-5-7-15-13(14)8-9-17-15/h5-9,11-12,17H,4,10H2,1-3H3,(H,18,19). The maximum Gasteiger partial charge on any atom is 0.252 e. The van der Waals surface area contributed by atoms with Crippen LogP contribution >= 0.6 is 0 Å². The third kappa shape index (κ3) is 3.16. The van der Waals surface area contributed by atoms with Crippen LogP contribution in [0.1, 0.15) is 44.0 Å². The highest BCUT2D eigenvalue weighted by molar-refractivity contribution is 6.06. The molecule has 2 aromatic rings. The number of carbonyl (C=O) groups is 1. The summed E-state index contributed by atoms with van der Waals surface area (Å²) in [4.78, 5) is 15.4. The maximum atomic E-state index is 12.3. The Bertz CT molecular complexity index is 559. The Labute approximate surface area is 114 Å². The van der Waals surface area contributed by atoms with Crippen molar-refractivity contribution in [2.45, 2.75) is 39.7 Å². The number of benzene rings is 1. The molecule has 2 unspecified atom stereocenters. The lowest BCUT2D eigenvalue weighted by Gasteiger charge is -2.17. The fourth-order valence-electron chi connectivity index (χ4n) is 2.41. The minimum Gasteiger partial charge on any atom is -0.361 e. The first-order valence-electron chi connectivity index (χ1n) is 6.98. The molecule has 2 atom stereocenters. The zero-order chi connectivity index (χ0) is 13.8. The molecule has 19 heavy (non-hydrogen) atoms. The van der Waals surface area contributed by atoms with E-state index in [4.69, 9.17) is 0 Å². The highest BCUT2D eigenvalue weighted by Gasteiger charge is 2.14. The number of hydrogen-bond acceptors (Lipinski definition) is 1. The Kier molecular flexibility index (Phi) is 4.25. The van der Waals surface area contributed by atoms with E-state index in [1.54, 1.807) is 0 Å². The van der Waals surface area contributed by atoms with Gasteiger partial charge >= 0.3 is 0 Å². The van der Waals surface area contributed by atoms with E-state index >= 15 is 0 Å². The average Bonchev–Trinajstić information content (AvgIpc) is 2.86. The van der Waals surface area contributed by atoms with E-state index in [1.807, 2.05) is 30.5 Å². The van der Waals surface area contributed by atoms with Gasteiger partial charge in [-0.3, -0.25) is 4.79 Å². The monoisotopic (exact) mass is 258 g/mol. The van der Waals surface area contributed by atoms with Crippen LogP contribution in [0.5, 0.6) is 0 Å². The summed E-state index contributed by atoms with van der Waals surface area (Å²) in [6.45, 7) is 6.47. The van der Waals surface area contributed by atoms with Gasteiger partial charge in [0.25, 0.3) is 5.91 Å². The van der Waals surface area contributed by atoms with Crippen molar-refractivity contribution in [2.75, 3.05) is 0 Å². The lowest BCUT2D eigenvalue weighted by Crippen LogP contribution is -2.33. The normalized spacial score (nSPS) is 14.3. The second kappa shape index (κ2) is 5.91. The molecule has 0 aliphatic heterocycles. The molecule has 0 bridgehead atoms. The highest BCUT2D eigenvalue weighted by Crippen LogP contribution is 2.18. The summed E-state index contributed by atoms with van der Waals surface area (Å²) in [7, 11) is 0. The van der Waals surface area contributed by atoms with Crippen LogP contribution in [0, 0.1) is 5.92 Å². The first kappa shape index (κ1) is 13.7. The van der Waals surface area contributed by atoms with Crippen molar-refractivity contribution in [3.63, 3.8) is 0 Å². The number of H-pyrrole nitrogens is 1. The number of nitrogens with one attached hydrogen (secondary N) is 2. The van der Waals surface area contributed by atoms with Crippen molar-refractivity contribution in [1.29, 1.82) is 0 Å². The second-order valence-corrected chi connectivity index (χ2v) is 5.37. The summed E-state index contributed by atoms with van der Waals surface area (Å²) in [6.07, 6.45) is 4.03. The van der Waals surface area contributed by atoms with Crippen LogP contribution < -0.4 is 5.32 Å². The lowest BCUT2D eigenvalue weighted by atomic mass is 10.00. The molecule has 0 saturated carbocycles. The largest absolute Gasteiger partial charge is 0.361 e. The Morgan fingerprint density at radius 2 is 2.11 bits per heavy atom. The van der Waals surface area contributed by atoms with Crippen LogP contribution in [0.25, 0.3) is 10.9 Å². The van der Waals surface area contributed by atoms with E-state index in [9.17, 15) is 4.79 Å². The molecule has 3 heteroatoms. The van der Waals surface area contributed by atoms with Gasteiger partial charge in [0.15, 0.2) is 0 Å². The van der Waals surface area contributed by atoms with E-state index < -0.39 is 0 Å². The van der Waals surface area contributed by atoms with E-state index in [-0.39, 0.29) is 11.9 Å². The molecule has 0 fully saturated rings. The SMILES string of the molecule is CCC(C)CC(C)NC(=O)c1cccc2[nH]ccc12. The summed E-state index contributed by atoms with van der Waals surface area (Å²) < 4.78 is 0. The third-order valence-corrected chi connectivity index (χ3v) is 3.67. The molecule has 1 aromatic heterocycles. The third-order valence-electron chi connectivity index (χ3n) is 3.67. The number of rotatable bonds is 5. The molecule has 0 aliphatic rings. The summed E-state index contributed by atoms with van der Waals surface area (Å²) in [5.74, 6) is 0.652. The van der Waals surface area contributed by atoms with Gasteiger partial charge in [-0.25, -0.2) is 0 Å². The summed E-state index contributed by atoms with van der Waals surface area (Å²) in [5.41, 5.74) is 1.75. The predicted octanol–water partition coefficient (Wildman–Crippen LogP) is 3.72. The van der Waals surface area contributed by atoms with Crippen LogP contribution in [-0.2, 0) is 0 Å². The molecule has 0 saturated heterocycles. The van der Waals surface area contributed by atoms with Crippen molar-refractivity contribution in [2.24, 2.45) is 5.92 Å². The maximum absolute atomic E-state index is 12.3. The van der Waals surface area contributed by atoms with Crippen molar-refractivity contribution in [3.05, 3.63) is 36.0 Å². The Morgan fingerprint density at radius 3 is 2.84 bits per heavy atom. The number of hydrogen-bond donors (Lipinski definition) is 2. The van der Waals surface area contributed by atoms with Gasteiger partial charge in [0.2, 0.25) is 0 Å². The van der Waals surface area contributed by atoms with Gasteiger partial charge in [0.1, 0.15) is 0 Å². The summed E-state index contributed by atoms with van der Waals surface area (Å²) in [5, 5.41) is 4.07. The molecule has 0 aliphatic carbocycles. The van der Waals surface area contributed by atoms with Gasteiger partial charge in [-0.05, 0) is 37.5 Å². The quantitative estimate of drug-likeness (QED) is 0.843. The number of amides is 1. The van der Waals surface area contributed by atoms with Gasteiger partial charge in [0, 0.05) is 28.7 Å². The second-order valence-electron chi connectivity index (χ2n) is 5.37. The first-order chi connectivity index (χ1) is 9.11. The lowest BCUT2D eigenvalue weighted by molar-refractivity contribution is 0.0937. The number of aromatic amines is 1. The van der Waals surface area contributed by atoms with Gasteiger partial charge < -0.3 is 10.3 Å². The van der Waals surface area contributed by atoms with Crippen molar-refractivity contribution >= 4 is 16.8 Å². The Balaban J connectivity index is 2.09. The van der Waals surface area contributed by atoms with Crippen LogP contribution in [0.15, 0.2) is 30.5 Å². The van der Waals surface area contributed by atoms with E-state index in [2.05, 4.69) is 31.1 Å². The number of aromatic nitrogens is 1. The molecule has 2 N–H and O–H groups in total. The van der Waals surface area contributed by atoms with Crippen LogP contribution in [0.3, 0.4) is 0 Å². The minimum atomic E-state index is 0.0148. The molecular formula is C16H22N2O. The zero-order valence-electron chi connectivity index (χ0n) is 11.9. The molecule has 1 heterocycles. The van der Waals surface area contributed by atoms with Gasteiger partial charge in [-0.1, -0.05) is 26.3 Å². The average molecular weight is 258 g/mol. The van der Waals surface area contributed by atoms with E-state index in [0.717, 1.165) is 29.3 Å². The fraction of sp³-hybridized carbons (Fsp3) is 0.438. The molecule has 2 rings (SSSR count). The van der Waals surface area contributed by atoms with E-state index in [1.165, 1.54) is 0 Å². The zero-order valence-corrected chi connectivity index (χ0v) is 11.9. The molecule has 1 amide bonds. The Hall–Kier alpha value is -1.77. The summed E-state index contributed by atoms with van der Waals surface area (Å²) >= 11 is 0. The van der Waals surface area contributed by atoms with Crippen LogP contribution in [0.4, 0.5) is 0 Å². The number of carbonyl (C=O) groups excluding carboxylic acids is 1.